The number of fused-ring (bicyclic) bond motifs is 1. The van der Waals surface area contributed by atoms with Gasteiger partial charge < -0.3 is 14.7 Å². The third kappa shape index (κ3) is 3.41. The van der Waals surface area contributed by atoms with Crippen molar-refractivity contribution in [3.05, 3.63) is 57.6 Å². The maximum atomic E-state index is 15.1. The fourth-order valence-electron chi connectivity index (χ4n) is 4.46. The molecule has 4 nitrogen and oxygen atoms in total. The summed E-state index contributed by atoms with van der Waals surface area (Å²) in [4.78, 5) is 13.0. The Morgan fingerprint density at radius 3 is 2.67 bits per heavy atom. The van der Waals surface area contributed by atoms with E-state index in [1.54, 1.807) is 12.1 Å². The molecular formula is C23H22ClF2NO3. The van der Waals surface area contributed by atoms with Gasteiger partial charge >= 0.3 is 5.97 Å². The highest BCUT2D eigenvalue weighted by atomic mass is 35.5. The predicted octanol–water partition coefficient (Wildman–Crippen LogP) is 5.30. The Kier molecular flexibility index (Phi) is 4.85. The predicted molar refractivity (Wildman–Crippen MR) is 109 cm³/mol. The molecular weight excluding hydrogens is 412 g/mol. The zero-order valence-electron chi connectivity index (χ0n) is 16.3. The van der Waals surface area contributed by atoms with Crippen LogP contribution in [0.2, 0.25) is 5.02 Å². The zero-order chi connectivity index (χ0) is 21.0. The molecule has 1 N–H and O–H groups in total. The summed E-state index contributed by atoms with van der Waals surface area (Å²) in [5, 5.41) is 9.15. The van der Waals surface area contributed by atoms with Crippen LogP contribution in [0.25, 0.3) is 0 Å². The molecule has 30 heavy (non-hydrogen) atoms. The molecule has 0 amide bonds. The summed E-state index contributed by atoms with van der Waals surface area (Å²) < 4.78 is 35.8. The van der Waals surface area contributed by atoms with Crippen molar-refractivity contribution in [2.45, 2.75) is 50.7 Å². The Balaban J connectivity index is 1.39. The van der Waals surface area contributed by atoms with Gasteiger partial charge in [0.1, 0.15) is 11.6 Å². The molecule has 2 aliphatic carbocycles. The van der Waals surface area contributed by atoms with E-state index in [4.69, 9.17) is 21.4 Å². The first-order valence-corrected chi connectivity index (χ1v) is 10.7. The highest BCUT2D eigenvalue weighted by Gasteiger charge is 2.46. The second-order valence-corrected chi connectivity index (χ2v) is 8.88. The van der Waals surface area contributed by atoms with Crippen LogP contribution in [0.5, 0.6) is 5.75 Å². The lowest BCUT2D eigenvalue weighted by molar-refractivity contribution is -0.138. The van der Waals surface area contributed by atoms with E-state index >= 15 is 4.39 Å². The molecule has 0 unspecified atom stereocenters. The van der Waals surface area contributed by atoms with Crippen molar-refractivity contribution in [1.29, 1.82) is 0 Å². The second-order valence-electron chi connectivity index (χ2n) is 8.47. The summed E-state index contributed by atoms with van der Waals surface area (Å²) in [6.45, 7) is 0.806. The zero-order valence-corrected chi connectivity index (χ0v) is 17.1. The minimum Gasteiger partial charge on any atom is -0.490 e. The van der Waals surface area contributed by atoms with E-state index < -0.39 is 17.7 Å². The number of rotatable bonds is 5. The van der Waals surface area contributed by atoms with Gasteiger partial charge in [-0.05, 0) is 48.8 Å². The van der Waals surface area contributed by atoms with Crippen molar-refractivity contribution >= 4 is 23.3 Å². The van der Waals surface area contributed by atoms with Crippen LogP contribution >= 0.6 is 11.6 Å². The first-order chi connectivity index (χ1) is 14.4. The lowest BCUT2D eigenvalue weighted by atomic mass is 9.94. The second kappa shape index (κ2) is 7.41. The largest absolute Gasteiger partial charge is 0.490 e. The van der Waals surface area contributed by atoms with Crippen LogP contribution in [0.4, 0.5) is 14.5 Å². The van der Waals surface area contributed by atoms with Crippen molar-refractivity contribution < 1.29 is 23.4 Å². The maximum absolute atomic E-state index is 15.1. The van der Waals surface area contributed by atoms with E-state index in [2.05, 4.69) is 0 Å². The summed E-state index contributed by atoms with van der Waals surface area (Å²) >= 11 is 6.12. The van der Waals surface area contributed by atoms with E-state index in [1.807, 2.05) is 11.0 Å². The van der Waals surface area contributed by atoms with Crippen molar-refractivity contribution in [2.75, 3.05) is 11.4 Å². The lowest BCUT2D eigenvalue weighted by Gasteiger charge is -2.33. The average Bonchev–Trinajstić information content (AvgIpc) is 3.48. The fourth-order valence-corrected chi connectivity index (χ4v) is 4.67. The number of benzene rings is 2. The number of carbonyl (C=O) groups is 1. The average molecular weight is 434 g/mol. The first kappa shape index (κ1) is 19.6. The Labute approximate surface area is 178 Å². The molecule has 2 aromatic rings. The quantitative estimate of drug-likeness (QED) is 0.695. The monoisotopic (exact) mass is 433 g/mol. The Hall–Kier alpha value is -2.34. The Bertz CT molecular complexity index is 1020. The molecule has 2 fully saturated rings. The molecule has 158 valence electrons. The molecule has 5 rings (SSSR count). The van der Waals surface area contributed by atoms with E-state index in [-0.39, 0.29) is 22.9 Å². The maximum Gasteiger partial charge on any atom is 0.307 e. The molecule has 7 heteroatoms. The lowest BCUT2D eigenvalue weighted by Crippen LogP contribution is -2.32. The number of anilines is 1. The third-order valence-electron chi connectivity index (χ3n) is 6.55. The van der Waals surface area contributed by atoms with Crippen LogP contribution in [0, 0.1) is 17.6 Å². The molecule has 0 radical (unpaired) electrons. The van der Waals surface area contributed by atoms with Gasteiger partial charge in [0.25, 0.3) is 0 Å². The summed E-state index contributed by atoms with van der Waals surface area (Å²) in [7, 11) is 0. The number of carboxylic acids is 1. The van der Waals surface area contributed by atoms with Crippen LogP contribution in [0.1, 0.15) is 48.3 Å². The fraction of sp³-hybridized carbons (Fsp3) is 0.435. The smallest absolute Gasteiger partial charge is 0.307 e. The number of nitrogens with zero attached hydrogens (tertiary/aromatic N) is 1. The van der Waals surface area contributed by atoms with Gasteiger partial charge in [-0.1, -0.05) is 23.7 Å². The van der Waals surface area contributed by atoms with E-state index in [0.717, 1.165) is 24.8 Å². The van der Waals surface area contributed by atoms with Crippen molar-refractivity contribution in [2.24, 2.45) is 5.92 Å². The van der Waals surface area contributed by atoms with Crippen LogP contribution < -0.4 is 9.64 Å². The van der Waals surface area contributed by atoms with Gasteiger partial charge in [-0.2, -0.15) is 0 Å². The number of carboxylic acid groups (broad SMARTS) is 1. The molecule has 0 aromatic heterocycles. The summed E-state index contributed by atoms with van der Waals surface area (Å²) in [6, 6.07) is 6.71. The van der Waals surface area contributed by atoms with Gasteiger partial charge in [0.2, 0.25) is 0 Å². The van der Waals surface area contributed by atoms with Crippen molar-refractivity contribution in [3.8, 4) is 5.75 Å². The molecule has 2 atom stereocenters. The number of ether oxygens (including phenoxy) is 1. The van der Waals surface area contributed by atoms with Gasteiger partial charge in [-0.15, -0.1) is 0 Å². The molecule has 2 saturated carbocycles. The standard InChI is InChI=1S/C23H22ClF2NO3/c24-19-8-14(30-13-2-1-3-13)9-20(22(19)26)27-7-6-15-12(11-27)4-5-16(21(15)25)17-10-18(17)23(28)29/h4-5,8-9,13,17-18H,1-3,6-7,10-11H2,(H,28,29)/t17-,18+/m0/s1. The topological polar surface area (TPSA) is 49.8 Å². The van der Waals surface area contributed by atoms with Crippen LogP contribution in [-0.4, -0.2) is 23.7 Å². The number of hydrogen-bond acceptors (Lipinski definition) is 3. The number of halogens is 3. The molecule has 0 spiro atoms. The highest BCUT2D eigenvalue weighted by Crippen LogP contribution is 2.49. The van der Waals surface area contributed by atoms with Gasteiger partial charge in [-0.25, -0.2) is 8.78 Å². The highest BCUT2D eigenvalue weighted by molar-refractivity contribution is 6.31. The molecule has 1 aliphatic heterocycles. The van der Waals surface area contributed by atoms with Crippen LogP contribution in [-0.2, 0) is 17.8 Å². The molecule has 2 aromatic carbocycles. The first-order valence-electron chi connectivity index (χ1n) is 10.4. The molecule has 3 aliphatic rings. The van der Waals surface area contributed by atoms with Crippen LogP contribution in [0.3, 0.4) is 0 Å². The SMILES string of the molecule is O=C(O)[C@@H]1C[C@H]1c1ccc2c(c1F)CCN(c1cc(OC3CCC3)cc(Cl)c1F)C2. The molecule has 0 bridgehead atoms. The number of aliphatic carboxylic acids is 1. The minimum absolute atomic E-state index is 0.0163. The normalized spacial score (nSPS) is 23.0. The Morgan fingerprint density at radius 1 is 1.20 bits per heavy atom. The van der Waals surface area contributed by atoms with Gasteiger partial charge in [0.05, 0.1) is 22.7 Å². The van der Waals surface area contributed by atoms with Crippen molar-refractivity contribution in [3.63, 3.8) is 0 Å². The molecule has 0 saturated heterocycles. The van der Waals surface area contributed by atoms with Gasteiger partial charge in [-0.3, -0.25) is 4.79 Å². The van der Waals surface area contributed by atoms with E-state index in [0.29, 0.717) is 48.5 Å². The molecule has 1 heterocycles. The number of hydrogen-bond donors (Lipinski definition) is 1. The third-order valence-corrected chi connectivity index (χ3v) is 6.82. The van der Waals surface area contributed by atoms with E-state index in [9.17, 15) is 9.18 Å². The summed E-state index contributed by atoms with van der Waals surface area (Å²) in [6.07, 6.45) is 4.18. The van der Waals surface area contributed by atoms with Crippen LogP contribution in [0.15, 0.2) is 24.3 Å². The van der Waals surface area contributed by atoms with Gasteiger partial charge in [0, 0.05) is 31.1 Å². The summed E-state index contributed by atoms with van der Waals surface area (Å²) in [5.41, 5.74) is 2.24. The van der Waals surface area contributed by atoms with Crippen molar-refractivity contribution in [1.82, 2.24) is 0 Å². The van der Waals surface area contributed by atoms with Gasteiger partial charge in [0.15, 0.2) is 5.82 Å². The van der Waals surface area contributed by atoms with E-state index in [1.165, 1.54) is 6.07 Å². The minimum atomic E-state index is -0.875. The summed E-state index contributed by atoms with van der Waals surface area (Å²) in [5.74, 6) is -1.86. The Morgan fingerprint density at radius 2 is 2.00 bits per heavy atom.